The molecule has 5 heteroatoms. The Morgan fingerprint density at radius 3 is 2.76 bits per heavy atom. The van der Waals surface area contributed by atoms with Crippen molar-refractivity contribution in [2.75, 3.05) is 7.11 Å². The van der Waals surface area contributed by atoms with E-state index in [1.165, 1.54) is 12.1 Å². The maximum atomic E-state index is 11.1. The molecule has 1 rings (SSSR count). The van der Waals surface area contributed by atoms with Crippen molar-refractivity contribution in [3.8, 4) is 0 Å². The Morgan fingerprint density at radius 1 is 1.53 bits per heavy atom. The first-order chi connectivity index (χ1) is 8.02. The van der Waals surface area contributed by atoms with Crippen LogP contribution < -0.4 is 0 Å². The highest BCUT2D eigenvalue weighted by atomic mass is 32.2. The van der Waals surface area contributed by atoms with Gasteiger partial charge in [0.25, 0.3) is 0 Å². The molecule has 0 N–H and O–H groups in total. The summed E-state index contributed by atoms with van der Waals surface area (Å²) < 4.78 is 4.64. The van der Waals surface area contributed by atoms with Gasteiger partial charge >= 0.3 is 5.97 Å². The van der Waals surface area contributed by atoms with E-state index in [4.69, 9.17) is 0 Å². The molecule has 0 saturated carbocycles. The zero-order chi connectivity index (χ0) is 12.8. The maximum absolute atomic E-state index is 11.1. The van der Waals surface area contributed by atoms with Gasteiger partial charge in [0, 0.05) is 22.3 Å². The van der Waals surface area contributed by atoms with Crippen molar-refractivity contribution in [3.05, 3.63) is 16.1 Å². The number of ether oxygens (including phenoxy) is 1. The maximum Gasteiger partial charge on any atom is 0.306 e. The summed E-state index contributed by atoms with van der Waals surface area (Å²) in [5.74, 6) is 1.21. The molecule has 3 nitrogen and oxygen atoms in total. The van der Waals surface area contributed by atoms with Gasteiger partial charge in [0.1, 0.15) is 0 Å². The second-order valence-corrected chi connectivity index (χ2v) is 6.55. The number of thioether (sulfide) groups is 1. The Kier molecular flexibility index (Phi) is 5.98. The van der Waals surface area contributed by atoms with Gasteiger partial charge in [-0.2, -0.15) is 11.8 Å². The van der Waals surface area contributed by atoms with Gasteiger partial charge in [-0.05, 0) is 0 Å². The van der Waals surface area contributed by atoms with E-state index in [9.17, 15) is 4.79 Å². The summed E-state index contributed by atoms with van der Waals surface area (Å²) in [7, 11) is 1.43. The fourth-order valence-electron chi connectivity index (χ4n) is 1.26. The molecule has 1 aromatic rings. The first-order valence-electron chi connectivity index (χ1n) is 5.65. The zero-order valence-electron chi connectivity index (χ0n) is 10.7. The summed E-state index contributed by atoms with van der Waals surface area (Å²) in [4.78, 5) is 15.6. The molecule has 0 aliphatic rings. The minimum Gasteiger partial charge on any atom is -0.469 e. The molecule has 96 valence electrons. The number of rotatable bonds is 6. The first kappa shape index (κ1) is 14.5. The van der Waals surface area contributed by atoms with Gasteiger partial charge in [0.15, 0.2) is 0 Å². The molecule has 17 heavy (non-hydrogen) atoms. The molecule has 1 heterocycles. The van der Waals surface area contributed by atoms with E-state index in [1.807, 2.05) is 6.92 Å². The standard InChI is InChI=1S/C12H19NO2S2/c1-8(2)12-13-10(7-17-12)6-16-9(3)5-11(14)15-4/h7-9H,5-6H2,1-4H3. The third-order valence-electron chi connectivity index (χ3n) is 2.26. The van der Waals surface area contributed by atoms with Gasteiger partial charge < -0.3 is 4.74 Å². The average Bonchev–Trinajstić information content (AvgIpc) is 2.75. The van der Waals surface area contributed by atoms with Crippen LogP contribution in [0, 0.1) is 0 Å². The molecule has 0 saturated heterocycles. The predicted molar refractivity (Wildman–Crippen MR) is 73.6 cm³/mol. The zero-order valence-corrected chi connectivity index (χ0v) is 12.4. The number of nitrogens with zero attached hydrogens (tertiary/aromatic N) is 1. The number of hydrogen-bond acceptors (Lipinski definition) is 5. The highest BCUT2D eigenvalue weighted by Gasteiger charge is 2.11. The van der Waals surface area contributed by atoms with Crippen LogP contribution in [0.4, 0.5) is 0 Å². The summed E-state index contributed by atoms with van der Waals surface area (Å²) in [5, 5.41) is 3.56. The number of carbonyl (C=O) groups excluding carboxylic acids is 1. The highest BCUT2D eigenvalue weighted by molar-refractivity contribution is 7.99. The van der Waals surface area contributed by atoms with Crippen molar-refractivity contribution in [1.82, 2.24) is 4.98 Å². The second kappa shape index (κ2) is 7.01. The van der Waals surface area contributed by atoms with E-state index < -0.39 is 0 Å². The van der Waals surface area contributed by atoms with Crippen LogP contribution in [0.2, 0.25) is 0 Å². The smallest absolute Gasteiger partial charge is 0.306 e. The second-order valence-electron chi connectivity index (χ2n) is 4.23. The van der Waals surface area contributed by atoms with E-state index in [1.54, 1.807) is 23.1 Å². The fourth-order valence-corrected chi connectivity index (χ4v) is 3.06. The molecular formula is C12H19NO2S2. The molecule has 0 spiro atoms. The van der Waals surface area contributed by atoms with E-state index >= 15 is 0 Å². The predicted octanol–water partition coefficient (Wildman–Crippen LogP) is 3.45. The minimum atomic E-state index is -0.147. The Balaban J connectivity index is 2.36. The topological polar surface area (TPSA) is 39.2 Å². The van der Waals surface area contributed by atoms with E-state index in [0.717, 1.165) is 11.4 Å². The molecule has 0 amide bonds. The van der Waals surface area contributed by atoms with Crippen LogP contribution in [0.25, 0.3) is 0 Å². The van der Waals surface area contributed by atoms with Gasteiger partial charge in [0.05, 0.1) is 24.2 Å². The van der Waals surface area contributed by atoms with Crippen molar-refractivity contribution in [3.63, 3.8) is 0 Å². The number of thiazole rings is 1. The lowest BCUT2D eigenvalue weighted by atomic mass is 10.2. The van der Waals surface area contributed by atoms with Crippen molar-refractivity contribution in [2.24, 2.45) is 0 Å². The van der Waals surface area contributed by atoms with Crippen molar-refractivity contribution in [2.45, 2.75) is 44.1 Å². The van der Waals surface area contributed by atoms with Crippen LogP contribution in [-0.4, -0.2) is 23.3 Å². The van der Waals surface area contributed by atoms with Crippen LogP contribution in [0.3, 0.4) is 0 Å². The van der Waals surface area contributed by atoms with E-state index in [0.29, 0.717) is 12.3 Å². The minimum absolute atomic E-state index is 0.147. The van der Waals surface area contributed by atoms with E-state index in [-0.39, 0.29) is 11.2 Å². The van der Waals surface area contributed by atoms with Crippen molar-refractivity contribution >= 4 is 29.1 Å². The Labute approximate surface area is 111 Å². The Bertz CT molecular complexity index is 363. The molecule has 0 radical (unpaired) electrons. The molecule has 1 aromatic heterocycles. The molecule has 1 unspecified atom stereocenters. The summed E-state index contributed by atoms with van der Waals surface area (Å²) in [6.07, 6.45) is 0.461. The molecule has 0 fully saturated rings. The van der Waals surface area contributed by atoms with Crippen LogP contribution in [0.1, 0.15) is 43.8 Å². The number of aromatic nitrogens is 1. The lowest BCUT2D eigenvalue weighted by Gasteiger charge is -2.08. The van der Waals surface area contributed by atoms with E-state index in [2.05, 4.69) is 28.9 Å². The summed E-state index contributed by atoms with van der Waals surface area (Å²) in [6, 6.07) is 0. The highest BCUT2D eigenvalue weighted by Crippen LogP contribution is 2.24. The van der Waals surface area contributed by atoms with Gasteiger partial charge in [0.2, 0.25) is 0 Å². The number of esters is 1. The van der Waals surface area contributed by atoms with Crippen LogP contribution in [-0.2, 0) is 15.3 Å². The lowest BCUT2D eigenvalue weighted by molar-refractivity contribution is -0.140. The van der Waals surface area contributed by atoms with Crippen LogP contribution >= 0.6 is 23.1 Å². The number of methoxy groups -OCH3 is 1. The van der Waals surface area contributed by atoms with Crippen molar-refractivity contribution < 1.29 is 9.53 Å². The van der Waals surface area contributed by atoms with Crippen molar-refractivity contribution in [1.29, 1.82) is 0 Å². The van der Waals surface area contributed by atoms with Gasteiger partial charge in [-0.25, -0.2) is 4.98 Å². The third-order valence-corrected chi connectivity index (χ3v) is 4.65. The van der Waals surface area contributed by atoms with Crippen LogP contribution in [0.15, 0.2) is 5.38 Å². The molecule has 0 bridgehead atoms. The molecule has 1 atom stereocenters. The Hall–Kier alpha value is -0.550. The molecule has 0 aliphatic carbocycles. The normalized spacial score (nSPS) is 12.8. The average molecular weight is 273 g/mol. The SMILES string of the molecule is COC(=O)CC(C)SCc1csc(C(C)C)n1. The first-order valence-corrected chi connectivity index (χ1v) is 7.58. The molecule has 0 aromatic carbocycles. The summed E-state index contributed by atoms with van der Waals surface area (Å²) in [5.41, 5.74) is 1.11. The molecule has 0 aliphatic heterocycles. The third kappa shape index (κ3) is 5.08. The van der Waals surface area contributed by atoms with Gasteiger partial charge in [-0.3, -0.25) is 4.79 Å². The summed E-state index contributed by atoms with van der Waals surface area (Å²) >= 11 is 3.45. The quantitative estimate of drug-likeness (QED) is 0.744. The lowest BCUT2D eigenvalue weighted by Crippen LogP contribution is -2.08. The monoisotopic (exact) mass is 273 g/mol. The molecular weight excluding hydrogens is 254 g/mol. The Morgan fingerprint density at radius 2 is 2.24 bits per heavy atom. The number of hydrogen-bond donors (Lipinski definition) is 0. The largest absolute Gasteiger partial charge is 0.469 e. The number of carbonyl (C=O) groups is 1. The van der Waals surface area contributed by atoms with Gasteiger partial charge in [-0.1, -0.05) is 20.8 Å². The van der Waals surface area contributed by atoms with Crippen LogP contribution in [0.5, 0.6) is 0 Å². The van der Waals surface area contributed by atoms with Gasteiger partial charge in [-0.15, -0.1) is 11.3 Å². The fraction of sp³-hybridized carbons (Fsp3) is 0.667. The summed E-state index contributed by atoms with van der Waals surface area (Å²) in [6.45, 7) is 6.34.